The lowest BCUT2D eigenvalue weighted by atomic mass is 10.2. The number of hydrogen-bond acceptors (Lipinski definition) is 4. The normalized spacial score (nSPS) is 14.4. The van der Waals surface area contributed by atoms with Crippen LogP contribution in [0.5, 0.6) is 0 Å². The van der Waals surface area contributed by atoms with Crippen molar-refractivity contribution in [2.45, 2.75) is 51.0 Å². The monoisotopic (exact) mass is 396 g/mol. The van der Waals surface area contributed by atoms with Crippen LogP contribution in [-0.2, 0) is 23.0 Å². The highest BCUT2D eigenvalue weighted by Crippen LogP contribution is 2.26. The van der Waals surface area contributed by atoms with Gasteiger partial charge < -0.3 is 4.57 Å². The van der Waals surface area contributed by atoms with E-state index >= 15 is 0 Å². The van der Waals surface area contributed by atoms with Gasteiger partial charge in [-0.1, -0.05) is 30.7 Å². The Morgan fingerprint density at radius 3 is 2.71 bits per heavy atom. The highest BCUT2D eigenvalue weighted by molar-refractivity contribution is 7.92. The zero-order chi connectivity index (χ0) is 19.7. The van der Waals surface area contributed by atoms with Gasteiger partial charge in [-0.15, -0.1) is 10.2 Å². The molecule has 1 aromatic heterocycles. The number of nitrogens with one attached hydrogen (secondary N) is 1. The summed E-state index contributed by atoms with van der Waals surface area (Å²) in [4.78, 5) is 0.300. The fourth-order valence-corrected chi connectivity index (χ4v) is 5.01. The first kappa shape index (κ1) is 18.7. The van der Waals surface area contributed by atoms with E-state index in [1.165, 1.54) is 6.42 Å². The number of aryl methyl sites for hydroxylation is 3. The second kappa shape index (κ2) is 7.39. The van der Waals surface area contributed by atoms with Gasteiger partial charge in [0, 0.05) is 24.2 Å². The Morgan fingerprint density at radius 1 is 1.00 bits per heavy atom. The third-order valence-electron chi connectivity index (χ3n) is 5.12. The summed E-state index contributed by atoms with van der Waals surface area (Å²) in [6, 6.07) is 12.8. The van der Waals surface area contributed by atoms with Crippen molar-refractivity contribution in [1.29, 1.82) is 0 Å². The molecular formula is C21H24N4O2S. The predicted octanol–water partition coefficient (Wildman–Crippen LogP) is 4.09. The Labute approximate surface area is 165 Å². The molecule has 0 saturated carbocycles. The van der Waals surface area contributed by atoms with Crippen LogP contribution in [0.1, 0.15) is 36.2 Å². The van der Waals surface area contributed by atoms with Gasteiger partial charge in [0.2, 0.25) is 0 Å². The van der Waals surface area contributed by atoms with Gasteiger partial charge in [0.05, 0.1) is 4.90 Å². The van der Waals surface area contributed by atoms with E-state index < -0.39 is 10.0 Å². The first-order chi connectivity index (χ1) is 13.4. The van der Waals surface area contributed by atoms with Crippen LogP contribution >= 0.6 is 0 Å². The predicted molar refractivity (Wildman–Crippen MR) is 110 cm³/mol. The average Bonchev–Trinajstić information content (AvgIpc) is 2.92. The van der Waals surface area contributed by atoms with E-state index in [2.05, 4.69) is 19.5 Å². The summed E-state index contributed by atoms with van der Waals surface area (Å²) in [7, 11) is -3.67. The SMILES string of the molecule is Cc1ccc(C)c(S(=O)(=O)Nc2cccc(-c3nnc4n3CCCCC4)c2)c1. The first-order valence-electron chi connectivity index (χ1n) is 9.57. The number of sulfonamides is 1. The number of rotatable bonds is 4. The van der Waals surface area contributed by atoms with Crippen molar-refractivity contribution in [2.75, 3.05) is 4.72 Å². The van der Waals surface area contributed by atoms with Gasteiger partial charge in [-0.25, -0.2) is 8.42 Å². The van der Waals surface area contributed by atoms with Gasteiger partial charge in [0.15, 0.2) is 5.82 Å². The number of hydrogen-bond donors (Lipinski definition) is 1. The zero-order valence-electron chi connectivity index (χ0n) is 16.1. The average molecular weight is 397 g/mol. The molecular weight excluding hydrogens is 372 g/mol. The summed E-state index contributed by atoms with van der Waals surface area (Å²) in [5.41, 5.74) is 3.01. The summed E-state index contributed by atoms with van der Waals surface area (Å²) in [6.07, 6.45) is 4.37. The van der Waals surface area contributed by atoms with Gasteiger partial charge in [-0.3, -0.25) is 4.72 Å². The zero-order valence-corrected chi connectivity index (χ0v) is 17.0. The topological polar surface area (TPSA) is 76.9 Å². The number of anilines is 1. The van der Waals surface area contributed by atoms with Crippen LogP contribution < -0.4 is 4.72 Å². The maximum Gasteiger partial charge on any atom is 0.262 e. The van der Waals surface area contributed by atoms with Crippen molar-refractivity contribution in [3.05, 3.63) is 59.4 Å². The largest absolute Gasteiger partial charge is 0.311 e. The molecule has 0 saturated heterocycles. The molecule has 1 aliphatic heterocycles. The molecule has 6 nitrogen and oxygen atoms in total. The molecule has 2 heterocycles. The Balaban J connectivity index is 1.67. The van der Waals surface area contributed by atoms with E-state index in [1.807, 2.05) is 37.3 Å². The molecule has 4 rings (SSSR count). The standard InChI is InChI=1S/C21H24N4O2S/c1-15-10-11-16(2)19(13-15)28(26,27)24-18-8-6-7-17(14-18)21-23-22-20-9-4-3-5-12-25(20)21/h6-8,10-11,13-14,24H,3-5,9,12H2,1-2H3. The minimum Gasteiger partial charge on any atom is -0.311 e. The van der Waals surface area contributed by atoms with Crippen molar-refractivity contribution in [2.24, 2.45) is 0 Å². The Bertz CT molecular complexity index is 1120. The quantitative estimate of drug-likeness (QED) is 0.721. The van der Waals surface area contributed by atoms with Crippen LogP contribution in [0.2, 0.25) is 0 Å². The molecule has 7 heteroatoms. The molecule has 0 aliphatic carbocycles. The minimum atomic E-state index is -3.67. The number of nitrogens with zero attached hydrogens (tertiary/aromatic N) is 3. The van der Waals surface area contributed by atoms with E-state index in [4.69, 9.17) is 0 Å². The molecule has 0 bridgehead atoms. The lowest BCUT2D eigenvalue weighted by Gasteiger charge is -2.12. The highest BCUT2D eigenvalue weighted by atomic mass is 32.2. The second-order valence-corrected chi connectivity index (χ2v) is 9.01. The maximum atomic E-state index is 12.9. The fourth-order valence-electron chi connectivity index (χ4n) is 3.63. The van der Waals surface area contributed by atoms with E-state index in [-0.39, 0.29) is 0 Å². The van der Waals surface area contributed by atoms with Crippen molar-refractivity contribution >= 4 is 15.7 Å². The van der Waals surface area contributed by atoms with Crippen molar-refractivity contribution < 1.29 is 8.42 Å². The van der Waals surface area contributed by atoms with Crippen LogP contribution in [0.25, 0.3) is 11.4 Å². The number of benzene rings is 2. The Morgan fingerprint density at radius 2 is 1.86 bits per heavy atom. The van der Waals surface area contributed by atoms with Gasteiger partial charge in [0.25, 0.3) is 10.0 Å². The van der Waals surface area contributed by atoms with Gasteiger partial charge >= 0.3 is 0 Å². The smallest absolute Gasteiger partial charge is 0.262 e. The molecule has 28 heavy (non-hydrogen) atoms. The summed E-state index contributed by atoms with van der Waals surface area (Å²) in [5, 5.41) is 8.71. The van der Waals surface area contributed by atoms with Gasteiger partial charge in [0.1, 0.15) is 5.82 Å². The fraction of sp³-hybridized carbons (Fsp3) is 0.333. The van der Waals surface area contributed by atoms with Crippen molar-refractivity contribution in [3.63, 3.8) is 0 Å². The second-order valence-electron chi connectivity index (χ2n) is 7.36. The lowest BCUT2D eigenvalue weighted by Crippen LogP contribution is -2.14. The Hall–Kier alpha value is -2.67. The van der Waals surface area contributed by atoms with Crippen LogP contribution in [0.3, 0.4) is 0 Å². The van der Waals surface area contributed by atoms with E-state index in [1.54, 1.807) is 19.1 Å². The van der Waals surface area contributed by atoms with Crippen LogP contribution in [-0.4, -0.2) is 23.2 Å². The van der Waals surface area contributed by atoms with Crippen LogP contribution in [0.15, 0.2) is 47.4 Å². The highest BCUT2D eigenvalue weighted by Gasteiger charge is 2.19. The first-order valence-corrected chi connectivity index (χ1v) is 11.0. The van der Waals surface area contributed by atoms with E-state index in [0.717, 1.165) is 54.1 Å². The van der Waals surface area contributed by atoms with Crippen molar-refractivity contribution in [1.82, 2.24) is 14.8 Å². The molecule has 3 aromatic rings. The molecule has 0 spiro atoms. The van der Waals surface area contributed by atoms with Gasteiger partial charge in [-0.2, -0.15) is 0 Å². The molecule has 0 radical (unpaired) electrons. The van der Waals surface area contributed by atoms with Gasteiger partial charge in [-0.05, 0) is 56.0 Å². The minimum absolute atomic E-state index is 0.300. The molecule has 2 aromatic carbocycles. The Kier molecular flexibility index (Phi) is 4.93. The van der Waals surface area contributed by atoms with Crippen molar-refractivity contribution in [3.8, 4) is 11.4 Å². The summed E-state index contributed by atoms with van der Waals surface area (Å²) >= 11 is 0. The molecule has 146 valence electrons. The molecule has 1 N–H and O–H groups in total. The summed E-state index contributed by atoms with van der Waals surface area (Å²) in [6.45, 7) is 4.59. The summed E-state index contributed by atoms with van der Waals surface area (Å²) in [5.74, 6) is 1.80. The number of aromatic nitrogens is 3. The maximum absolute atomic E-state index is 12.9. The number of fused-ring (bicyclic) bond motifs is 1. The molecule has 0 atom stereocenters. The lowest BCUT2D eigenvalue weighted by molar-refractivity contribution is 0.600. The molecule has 1 aliphatic rings. The molecule has 0 unspecified atom stereocenters. The van der Waals surface area contributed by atoms with Crippen LogP contribution in [0, 0.1) is 13.8 Å². The van der Waals surface area contributed by atoms with E-state index in [9.17, 15) is 8.42 Å². The third-order valence-corrected chi connectivity index (χ3v) is 6.64. The third kappa shape index (κ3) is 3.67. The summed E-state index contributed by atoms with van der Waals surface area (Å²) < 4.78 is 30.7. The molecule has 0 fully saturated rings. The van der Waals surface area contributed by atoms with E-state index in [0.29, 0.717) is 10.6 Å². The van der Waals surface area contributed by atoms with Crippen LogP contribution in [0.4, 0.5) is 5.69 Å². The molecule has 0 amide bonds.